The first-order chi connectivity index (χ1) is 11.4. The van der Waals surface area contributed by atoms with E-state index in [9.17, 15) is 18.7 Å². The van der Waals surface area contributed by atoms with Gasteiger partial charge in [0.1, 0.15) is 22.2 Å². The maximum Gasteiger partial charge on any atom is 0.332 e. The number of carbonyl (C=O) groups is 1. The number of phenols is 1. The summed E-state index contributed by atoms with van der Waals surface area (Å²) in [5.41, 5.74) is -0.677. The van der Waals surface area contributed by atoms with Gasteiger partial charge in [-0.25, -0.2) is 13.6 Å². The van der Waals surface area contributed by atoms with E-state index in [1.807, 2.05) is 0 Å². The number of hydrogen-bond donors (Lipinski definition) is 1. The Kier molecular flexibility index (Phi) is 5.35. The van der Waals surface area contributed by atoms with Crippen LogP contribution in [0.4, 0.5) is 8.78 Å². The van der Waals surface area contributed by atoms with Gasteiger partial charge in [-0.15, -0.1) is 0 Å². The number of nitrogens with zero attached hydrogens (tertiary/aromatic N) is 1. The largest absolute Gasteiger partial charge is 0.506 e. The molecule has 0 aromatic heterocycles. The van der Waals surface area contributed by atoms with Crippen molar-refractivity contribution in [2.45, 2.75) is 6.92 Å². The molecule has 0 unspecified atom stereocenters. The first-order valence-corrected chi connectivity index (χ1v) is 7.00. The lowest BCUT2D eigenvalue weighted by molar-refractivity contribution is -0.140. The first-order valence-electron chi connectivity index (χ1n) is 6.62. The van der Waals surface area contributed by atoms with Crippen molar-refractivity contribution >= 4 is 23.3 Å². The van der Waals surface area contributed by atoms with Crippen LogP contribution in [0.15, 0.2) is 35.5 Å². The van der Waals surface area contributed by atoms with Crippen molar-refractivity contribution in [3.63, 3.8) is 0 Å². The molecule has 1 N–H and O–H groups in total. The fraction of sp³-hybridized carbons (Fsp3) is 0.125. The van der Waals surface area contributed by atoms with Crippen molar-refractivity contribution in [1.82, 2.24) is 0 Å². The Labute approximate surface area is 141 Å². The summed E-state index contributed by atoms with van der Waals surface area (Å²) in [6.07, 6.45) is 0. The zero-order chi connectivity index (χ0) is 17.9. The van der Waals surface area contributed by atoms with Gasteiger partial charge in [0.15, 0.2) is 11.6 Å². The van der Waals surface area contributed by atoms with Crippen LogP contribution in [0.3, 0.4) is 0 Å². The predicted molar refractivity (Wildman–Crippen MR) is 83.4 cm³/mol. The van der Waals surface area contributed by atoms with Crippen molar-refractivity contribution < 1.29 is 28.3 Å². The molecular weight excluding hydrogens is 344 g/mol. The third kappa shape index (κ3) is 3.46. The van der Waals surface area contributed by atoms with Crippen LogP contribution < -0.4 is 4.74 Å². The van der Waals surface area contributed by atoms with Crippen molar-refractivity contribution in [3.8, 4) is 11.5 Å². The summed E-state index contributed by atoms with van der Waals surface area (Å²) < 4.78 is 32.6. The topological polar surface area (TPSA) is 68.1 Å². The highest BCUT2D eigenvalue weighted by atomic mass is 35.5. The number of halogens is 3. The minimum Gasteiger partial charge on any atom is -0.506 e. The van der Waals surface area contributed by atoms with E-state index >= 15 is 0 Å². The Morgan fingerprint density at radius 3 is 2.54 bits per heavy atom. The van der Waals surface area contributed by atoms with Gasteiger partial charge in [0.25, 0.3) is 0 Å². The molecule has 2 rings (SSSR count). The number of hydrogen-bond acceptors (Lipinski definition) is 5. The summed E-state index contributed by atoms with van der Waals surface area (Å²) in [5.74, 6) is -3.42. The second kappa shape index (κ2) is 7.27. The monoisotopic (exact) mass is 355 g/mol. The van der Waals surface area contributed by atoms with E-state index in [-0.39, 0.29) is 27.6 Å². The minimum absolute atomic E-state index is 0.0634. The summed E-state index contributed by atoms with van der Waals surface area (Å²) in [6, 6.07) is 6.12. The number of ether oxygens (including phenoxy) is 1. The smallest absolute Gasteiger partial charge is 0.332 e. The van der Waals surface area contributed by atoms with E-state index < -0.39 is 23.4 Å². The van der Waals surface area contributed by atoms with Crippen molar-refractivity contribution in [2.24, 2.45) is 5.16 Å². The van der Waals surface area contributed by atoms with Crippen LogP contribution >= 0.6 is 11.6 Å². The van der Waals surface area contributed by atoms with Gasteiger partial charge < -0.3 is 14.7 Å². The summed E-state index contributed by atoms with van der Waals surface area (Å²) in [7, 11) is 1.35. The molecule has 0 aliphatic carbocycles. The van der Waals surface area contributed by atoms with Gasteiger partial charge >= 0.3 is 5.97 Å². The van der Waals surface area contributed by atoms with Crippen LogP contribution in [0.1, 0.15) is 18.1 Å². The average Bonchev–Trinajstić information content (AvgIpc) is 2.55. The molecule has 5 nitrogen and oxygen atoms in total. The molecule has 0 saturated heterocycles. The molecule has 0 heterocycles. The Hall–Kier alpha value is -2.67. The Morgan fingerprint density at radius 1 is 1.21 bits per heavy atom. The van der Waals surface area contributed by atoms with Gasteiger partial charge in [-0.3, -0.25) is 0 Å². The molecule has 0 aliphatic heterocycles. The lowest BCUT2D eigenvalue weighted by Gasteiger charge is -2.12. The van der Waals surface area contributed by atoms with Gasteiger partial charge in [-0.1, -0.05) is 22.8 Å². The molecule has 8 heteroatoms. The van der Waals surface area contributed by atoms with Gasteiger partial charge in [0, 0.05) is 18.1 Å². The van der Waals surface area contributed by atoms with E-state index in [1.54, 1.807) is 0 Å². The van der Waals surface area contributed by atoms with Crippen LogP contribution in [0, 0.1) is 11.6 Å². The zero-order valence-electron chi connectivity index (χ0n) is 12.6. The second-order valence-corrected chi connectivity index (χ2v) is 4.98. The molecule has 0 radical (unpaired) electrons. The normalized spacial score (nSPS) is 11.3. The predicted octanol–water partition coefficient (Wildman–Crippen LogP) is 3.65. The molecule has 0 saturated carbocycles. The highest BCUT2D eigenvalue weighted by molar-refractivity contribution is 6.34. The summed E-state index contributed by atoms with van der Waals surface area (Å²) in [6.45, 7) is 1.09. The number of oxime groups is 1. The number of rotatable bonds is 4. The average molecular weight is 356 g/mol. The van der Waals surface area contributed by atoms with E-state index in [1.165, 1.54) is 31.4 Å². The number of carbonyl (C=O) groups excluding carboxylic acids is 1. The standard InChI is InChI=1S/C16H12ClF2NO4/c1-8(21)24-20-15(9-4-3-5-11(18)14(9)19)10-6-7-12(23-2)13(17)16(10)22/h3-7,22H,1-2H3. The summed E-state index contributed by atoms with van der Waals surface area (Å²) in [4.78, 5) is 15.5. The Morgan fingerprint density at radius 2 is 1.92 bits per heavy atom. The van der Waals surface area contributed by atoms with E-state index in [0.29, 0.717) is 0 Å². The zero-order valence-corrected chi connectivity index (χ0v) is 13.4. The molecule has 0 amide bonds. The van der Waals surface area contributed by atoms with Gasteiger partial charge in [0.05, 0.1) is 7.11 Å². The number of aromatic hydroxyl groups is 1. The lowest BCUT2D eigenvalue weighted by Crippen LogP contribution is -2.10. The fourth-order valence-electron chi connectivity index (χ4n) is 1.93. The molecule has 0 fully saturated rings. The van der Waals surface area contributed by atoms with Crippen LogP contribution in [-0.4, -0.2) is 23.9 Å². The van der Waals surface area contributed by atoms with E-state index in [2.05, 4.69) is 9.99 Å². The maximum absolute atomic E-state index is 14.1. The van der Waals surface area contributed by atoms with Gasteiger partial charge in [0.2, 0.25) is 0 Å². The van der Waals surface area contributed by atoms with E-state index in [0.717, 1.165) is 13.0 Å². The summed E-state index contributed by atoms with van der Waals surface area (Å²) >= 11 is 5.96. The highest BCUT2D eigenvalue weighted by Crippen LogP contribution is 2.37. The van der Waals surface area contributed by atoms with Crippen LogP contribution in [0.5, 0.6) is 11.5 Å². The molecule has 0 spiro atoms. The molecule has 2 aromatic rings. The van der Waals surface area contributed by atoms with Crippen LogP contribution in [-0.2, 0) is 9.63 Å². The molecule has 126 valence electrons. The minimum atomic E-state index is -1.21. The molecule has 0 atom stereocenters. The first kappa shape index (κ1) is 17.7. The quantitative estimate of drug-likeness (QED) is 0.516. The number of benzene rings is 2. The van der Waals surface area contributed by atoms with Crippen molar-refractivity contribution in [2.75, 3.05) is 7.11 Å². The molecule has 2 aromatic carbocycles. The Balaban J connectivity index is 2.69. The van der Waals surface area contributed by atoms with Crippen LogP contribution in [0.25, 0.3) is 0 Å². The van der Waals surface area contributed by atoms with Gasteiger partial charge in [-0.2, -0.15) is 0 Å². The van der Waals surface area contributed by atoms with Crippen molar-refractivity contribution in [3.05, 3.63) is 58.1 Å². The molecule has 24 heavy (non-hydrogen) atoms. The number of phenolic OH excluding ortho intramolecular Hbond substituents is 1. The number of methoxy groups -OCH3 is 1. The molecule has 0 aliphatic rings. The Bertz CT molecular complexity index is 824. The highest BCUT2D eigenvalue weighted by Gasteiger charge is 2.22. The lowest BCUT2D eigenvalue weighted by atomic mass is 10.0. The molecular formula is C16H12ClF2NO4. The van der Waals surface area contributed by atoms with Gasteiger partial charge in [-0.05, 0) is 24.3 Å². The van der Waals surface area contributed by atoms with Crippen LogP contribution in [0.2, 0.25) is 5.02 Å². The SMILES string of the molecule is COc1ccc(C(=NOC(C)=O)c2cccc(F)c2F)c(O)c1Cl. The van der Waals surface area contributed by atoms with E-state index in [4.69, 9.17) is 16.3 Å². The summed E-state index contributed by atoms with van der Waals surface area (Å²) in [5, 5.41) is 13.6. The third-order valence-electron chi connectivity index (χ3n) is 3.03. The fourth-order valence-corrected chi connectivity index (χ4v) is 2.18. The maximum atomic E-state index is 14.1. The second-order valence-electron chi connectivity index (χ2n) is 4.60. The van der Waals surface area contributed by atoms with Crippen molar-refractivity contribution in [1.29, 1.82) is 0 Å². The third-order valence-corrected chi connectivity index (χ3v) is 3.39. The molecule has 0 bridgehead atoms.